The Labute approximate surface area is 613 Å². The number of para-hydroxylation sites is 2. The molecule has 2 aliphatic heterocycles. The van der Waals surface area contributed by atoms with Gasteiger partial charge in [0.25, 0.3) is 6.71 Å². The summed E-state index contributed by atoms with van der Waals surface area (Å²) in [5, 5.41) is 10.00. The van der Waals surface area contributed by atoms with Gasteiger partial charge in [-0.1, -0.05) is 272 Å². The predicted octanol–water partition coefficient (Wildman–Crippen LogP) is 26.3. The fourth-order valence-corrected chi connectivity index (χ4v) is 19.9. The average Bonchev–Trinajstić information content (AvgIpc) is 1.35. The van der Waals surface area contributed by atoms with E-state index in [2.05, 4.69) is 371 Å². The number of aromatic nitrogens is 1. The van der Waals surface area contributed by atoms with E-state index in [1.807, 2.05) is 22.7 Å². The molecule has 21 rings (SSSR count). The first kappa shape index (κ1) is 60.9. The molecule has 0 saturated heterocycles. The summed E-state index contributed by atoms with van der Waals surface area (Å²) in [7, 11) is 0. The zero-order chi connectivity index (χ0) is 69.4. The number of hydrogen-bond donors (Lipinski definition) is 0. The maximum absolute atomic E-state index is 2.83. The SMILES string of the molecule is CC(C)(C)c1cc(-c2ccccc2)c(N2c3cc4c(cc3B3c5cc6sc7ccccc7c6cc5N(c5c(-c6ccccc6)cc(C(C)(C)C)cc5-c5cccc(-c6ccccc6)c5)c5c3c2c2c3ccccc3n3c6ccccc6c5c23)sc2ccccc24)c(-c2cccc(-c3ccccc3)c2)c1. The molecular weight excluding hydrogens is 1290 g/mol. The number of fused-ring (bicyclic) bond motifs is 18. The van der Waals surface area contributed by atoms with E-state index in [0.29, 0.717) is 0 Å². The molecule has 2 aliphatic rings. The van der Waals surface area contributed by atoms with E-state index in [1.54, 1.807) is 0 Å². The van der Waals surface area contributed by atoms with Crippen LogP contribution in [0.15, 0.2) is 315 Å². The van der Waals surface area contributed by atoms with E-state index in [1.165, 1.54) is 173 Å². The highest BCUT2D eigenvalue weighted by atomic mass is 32.1. The Morgan fingerprint density at radius 1 is 0.269 bits per heavy atom. The largest absolute Gasteiger partial charge is 0.309 e. The van der Waals surface area contributed by atoms with Crippen molar-refractivity contribution in [3.05, 3.63) is 327 Å². The van der Waals surface area contributed by atoms with Gasteiger partial charge in [-0.2, -0.15) is 0 Å². The van der Waals surface area contributed by atoms with Gasteiger partial charge in [0.15, 0.2) is 0 Å². The van der Waals surface area contributed by atoms with Crippen molar-refractivity contribution < 1.29 is 0 Å². The first-order chi connectivity index (χ1) is 50.9. The van der Waals surface area contributed by atoms with Crippen LogP contribution in [0.5, 0.6) is 0 Å². The van der Waals surface area contributed by atoms with E-state index in [0.717, 1.165) is 33.6 Å². The van der Waals surface area contributed by atoms with Crippen molar-refractivity contribution in [1.29, 1.82) is 0 Å². The van der Waals surface area contributed by atoms with Gasteiger partial charge in [0.05, 0.1) is 39.3 Å². The van der Waals surface area contributed by atoms with Crippen LogP contribution in [0.3, 0.4) is 0 Å². The van der Waals surface area contributed by atoms with Gasteiger partial charge in [0.1, 0.15) is 0 Å². The number of nitrogens with zero attached hydrogens (tertiary/aromatic N) is 3. The third-order valence-corrected chi connectivity index (χ3v) is 24.8. The van der Waals surface area contributed by atoms with Gasteiger partial charge in [-0.15, -0.1) is 22.7 Å². The highest BCUT2D eigenvalue weighted by Gasteiger charge is 2.49. The van der Waals surface area contributed by atoms with Crippen LogP contribution in [0, 0.1) is 0 Å². The standard InChI is InChI=1S/C98H70BN3S2/c1-97(2,3)67-51-73(61-33-15-9-16-34-61)92(75(53-67)65-39-27-37-63(49-65)59-29-11-7-12-30-59)101-83-55-77-69-41-21-25-47-85(69)103-87(77)57-79(83)99-80-58-88-78(70-42-22-26-48-86(70)104-88)56-84(80)102(96-90-72-44-20-24-46-82(72)100-81-45-23-19-43-71(81)89(94(90)100)95(101)91(96)99)93-74(62-35-17-10-18-36-62)52-68(98(4,5)6)54-76(93)66-40-28-38-64(50-66)60-31-13-8-14-32-60/h7-58H,1-6H3. The van der Waals surface area contributed by atoms with Crippen molar-refractivity contribution >= 4 is 158 Å². The Morgan fingerprint density at radius 3 is 1.01 bits per heavy atom. The molecule has 0 N–H and O–H groups in total. The quantitative estimate of drug-likeness (QED) is 0.140. The van der Waals surface area contributed by atoms with Crippen LogP contribution in [-0.2, 0) is 10.8 Å². The smallest absolute Gasteiger partial charge is 0.252 e. The predicted molar refractivity (Wildman–Crippen MR) is 451 cm³/mol. The molecule has 0 aliphatic carbocycles. The average molecular weight is 1360 g/mol. The lowest BCUT2D eigenvalue weighted by Gasteiger charge is -2.46. The van der Waals surface area contributed by atoms with Crippen molar-refractivity contribution in [2.45, 2.75) is 52.4 Å². The Hall–Kier alpha value is -11.8. The van der Waals surface area contributed by atoms with Crippen molar-refractivity contribution in [2.24, 2.45) is 0 Å². The molecule has 0 spiro atoms. The summed E-state index contributed by atoms with van der Waals surface area (Å²) in [5.74, 6) is 0. The Balaban J connectivity index is 1.02. The number of thiophene rings is 2. The van der Waals surface area contributed by atoms with Crippen molar-refractivity contribution in [2.75, 3.05) is 9.80 Å². The zero-order valence-electron chi connectivity index (χ0n) is 58.8. The van der Waals surface area contributed by atoms with Crippen molar-refractivity contribution in [3.8, 4) is 66.8 Å². The van der Waals surface area contributed by atoms with Gasteiger partial charge in [-0.3, -0.25) is 0 Å². The molecule has 104 heavy (non-hydrogen) atoms. The van der Waals surface area contributed by atoms with Gasteiger partial charge in [-0.25, -0.2) is 0 Å². The number of hydrogen-bond acceptors (Lipinski definition) is 4. The summed E-state index contributed by atoms with van der Waals surface area (Å²) in [6.07, 6.45) is 0. The van der Waals surface area contributed by atoms with Crippen LogP contribution in [0.4, 0.5) is 34.1 Å². The van der Waals surface area contributed by atoms with Gasteiger partial charge in [0, 0.05) is 95.5 Å². The van der Waals surface area contributed by atoms with E-state index >= 15 is 0 Å². The molecule has 0 amide bonds. The normalized spacial score (nSPS) is 13.0. The lowest BCUT2D eigenvalue weighted by Crippen LogP contribution is -2.61. The minimum Gasteiger partial charge on any atom is -0.309 e. The third kappa shape index (κ3) is 9.14. The third-order valence-electron chi connectivity index (χ3n) is 22.5. The van der Waals surface area contributed by atoms with E-state index in [-0.39, 0.29) is 17.5 Å². The molecule has 3 nitrogen and oxygen atoms in total. The minimum absolute atomic E-state index is 0.230. The molecule has 15 aromatic carbocycles. The zero-order valence-corrected chi connectivity index (χ0v) is 60.4. The highest BCUT2D eigenvalue weighted by molar-refractivity contribution is 7.26. The first-order valence-electron chi connectivity index (χ1n) is 36.4. The summed E-state index contributed by atoms with van der Waals surface area (Å²) in [4.78, 5) is 5.67. The van der Waals surface area contributed by atoms with Crippen LogP contribution >= 0.6 is 22.7 Å². The molecule has 0 unspecified atom stereocenters. The second kappa shape index (κ2) is 22.9. The first-order valence-corrected chi connectivity index (χ1v) is 38.0. The maximum atomic E-state index is 2.83. The highest BCUT2D eigenvalue weighted by Crippen LogP contribution is 2.60. The van der Waals surface area contributed by atoms with E-state index < -0.39 is 0 Å². The molecule has 0 bridgehead atoms. The van der Waals surface area contributed by atoms with E-state index in [9.17, 15) is 0 Å². The molecule has 0 radical (unpaired) electrons. The second-order valence-corrected chi connectivity index (χ2v) is 32.8. The molecule has 6 heteroatoms. The van der Waals surface area contributed by atoms with Crippen molar-refractivity contribution in [1.82, 2.24) is 4.40 Å². The Bertz CT molecular complexity index is 6350. The fourth-order valence-electron chi connectivity index (χ4n) is 17.6. The van der Waals surface area contributed by atoms with Crippen LogP contribution in [0.1, 0.15) is 52.7 Å². The second-order valence-electron chi connectivity index (χ2n) is 30.7. The van der Waals surface area contributed by atoms with Crippen LogP contribution < -0.4 is 26.2 Å². The molecule has 0 saturated carbocycles. The van der Waals surface area contributed by atoms with E-state index in [4.69, 9.17) is 0 Å². The monoisotopic (exact) mass is 1360 g/mol. The van der Waals surface area contributed by atoms with Gasteiger partial charge in [0.2, 0.25) is 0 Å². The molecule has 0 fully saturated rings. The fraction of sp³-hybridized carbons (Fsp3) is 0.0816. The number of benzene rings is 15. The topological polar surface area (TPSA) is 10.9 Å². The molecule has 0 atom stereocenters. The van der Waals surface area contributed by atoms with Crippen LogP contribution in [-0.4, -0.2) is 11.1 Å². The summed E-state index contributed by atoms with van der Waals surface area (Å²) >= 11 is 3.84. The van der Waals surface area contributed by atoms with Gasteiger partial charge in [-0.05, 0) is 168 Å². The molecule has 6 heterocycles. The van der Waals surface area contributed by atoms with Crippen molar-refractivity contribution in [3.63, 3.8) is 0 Å². The summed E-state index contributed by atoms with van der Waals surface area (Å²) in [6, 6.07) is 121. The van der Waals surface area contributed by atoms with Gasteiger partial charge >= 0.3 is 0 Å². The summed E-state index contributed by atoms with van der Waals surface area (Å²) in [6.45, 7) is 14.0. The lowest BCUT2D eigenvalue weighted by molar-refractivity contribution is 0.590. The minimum atomic E-state index is -0.269. The molecule has 4 aromatic heterocycles. The summed E-state index contributed by atoms with van der Waals surface area (Å²) < 4.78 is 7.76. The molecule has 492 valence electrons. The van der Waals surface area contributed by atoms with Gasteiger partial charge < -0.3 is 14.2 Å². The van der Waals surface area contributed by atoms with Crippen LogP contribution in [0.2, 0.25) is 0 Å². The van der Waals surface area contributed by atoms with Crippen LogP contribution in [0.25, 0.3) is 145 Å². The number of anilines is 6. The number of rotatable bonds is 8. The lowest BCUT2D eigenvalue weighted by atomic mass is 9.33. The maximum Gasteiger partial charge on any atom is 0.252 e. The Kier molecular flexibility index (Phi) is 13.4. The summed E-state index contributed by atoms with van der Waals surface area (Å²) in [5.41, 5.74) is 30.6. The molecule has 19 aromatic rings. The molecular formula is C98H70BN3S2. The Morgan fingerprint density at radius 2 is 0.606 bits per heavy atom.